The normalized spacial score (nSPS) is 11.6. The van der Waals surface area contributed by atoms with Gasteiger partial charge < -0.3 is 9.47 Å². The van der Waals surface area contributed by atoms with E-state index in [0.717, 1.165) is 10.4 Å². The second kappa shape index (κ2) is 8.00. The van der Waals surface area contributed by atoms with Gasteiger partial charge >= 0.3 is 12.2 Å². The minimum atomic E-state index is -0.633. The molecule has 2 rings (SSSR count). The van der Waals surface area contributed by atoms with Gasteiger partial charge in [0.05, 0.1) is 16.3 Å². The Labute approximate surface area is 163 Å². The molecule has 6 nitrogen and oxygen atoms in total. The van der Waals surface area contributed by atoms with Crippen molar-refractivity contribution in [1.29, 1.82) is 0 Å². The lowest BCUT2D eigenvalue weighted by Gasteiger charge is -2.21. The van der Waals surface area contributed by atoms with Crippen molar-refractivity contribution in [2.45, 2.75) is 52.7 Å². The largest absolute Gasteiger partial charge is 0.444 e. The van der Waals surface area contributed by atoms with Crippen LogP contribution in [0.25, 0.3) is 10.4 Å². The Bertz CT molecular complexity index is 802. The highest BCUT2D eigenvalue weighted by Gasteiger charge is 2.23. The van der Waals surface area contributed by atoms with Gasteiger partial charge in [0, 0.05) is 5.38 Å². The third-order valence-electron chi connectivity index (χ3n) is 3.09. The number of benzene rings is 1. The molecule has 1 heterocycles. The topological polar surface area (TPSA) is 76.7 Å². The Hall–Kier alpha value is -2.54. The highest BCUT2D eigenvalue weighted by Crippen LogP contribution is 2.41. The molecule has 7 heteroatoms. The molecule has 0 spiro atoms. The molecule has 2 N–H and O–H groups in total. The van der Waals surface area contributed by atoms with Crippen LogP contribution in [0.1, 0.15) is 41.5 Å². The van der Waals surface area contributed by atoms with E-state index in [2.05, 4.69) is 10.6 Å². The molecule has 2 aromatic rings. The molecule has 0 atom stereocenters. The van der Waals surface area contributed by atoms with Crippen LogP contribution >= 0.6 is 11.3 Å². The molecule has 0 saturated heterocycles. The van der Waals surface area contributed by atoms with Crippen LogP contribution in [0.4, 0.5) is 21.0 Å². The fourth-order valence-electron chi connectivity index (χ4n) is 2.20. The highest BCUT2D eigenvalue weighted by atomic mass is 32.1. The summed E-state index contributed by atoms with van der Waals surface area (Å²) in [6.45, 7) is 10.7. The number of rotatable bonds is 3. The zero-order valence-electron chi connectivity index (χ0n) is 16.5. The van der Waals surface area contributed by atoms with Crippen LogP contribution < -0.4 is 10.6 Å². The van der Waals surface area contributed by atoms with E-state index in [1.54, 1.807) is 46.9 Å². The smallest absolute Gasteiger partial charge is 0.412 e. The van der Waals surface area contributed by atoms with E-state index >= 15 is 0 Å². The fourth-order valence-corrected chi connectivity index (χ4v) is 3.16. The SMILES string of the molecule is CC(C)(C)OC(=O)Nc1csc(-c2ccccc2)c1NC(=O)OC(C)(C)C. The highest BCUT2D eigenvalue weighted by molar-refractivity contribution is 7.15. The van der Waals surface area contributed by atoms with Crippen molar-refractivity contribution in [2.24, 2.45) is 0 Å². The monoisotopic (exact) mass is 390 g/mol. The van der Waals surface area contributed by atoms with E-state index in [0.29, 0.717) is 11.4 Å². The standard InChI is InChI=1S/C20H26N2O4S/c1-19(2,3)25-17(23)21-14-12-27-16(13-10-8-7-9-11-13)15(14)22-18(24)26-20(4,5)6/h7-12H,1-6H3,(H,21,23)(H,22,24). The van der Waals surface area contributed by atoms with Crippen molar-refractivity contribution in [3.8, 4) is 10.4 Å². The minimum absolute atomic E-state index is 0.457. The van der Waals surface area contributed by atoms with Crippen LogP contribution in [0, 0.1) is 0 Å². The third-order valence-corrected chi connectivity index (χ3v) is 4.12. The van der Waals surface area contributed by atoms with Gasteiger partial charge in [-0.3, -0.25) is 10.6 Å². The first-order chi connectivity index (χ1) is 12.4. The summed E-state index contributed by atoms with van der Waals surface area (Å²) in [5, 5.41) is 7.23. The summed E-state index contributed by atoms with van der Waals surface area (Å²) >= 11 is 1.41. The predicted molar refractivity (Wildman–Crippen MR) is 109 cm³/mol. The van der Waals surface area contributed by atoms with Gasteiger partial charge in [-0.15, -0.1) is 11.3 Å². The number of nitrogens with one attached hydrogen (secondary N) is 2. The molecule has 0 aliphatic carbocycles. The molecule has 1 aromatic carbocycles. The third kappa shape index (κ3) is 6.60. The first-order valence-corrected chi connectivity index (χ1v) is 9.49. The molecular weight excluding hydrogens is 364 g/mol. The van der Waals surface area contributed by atoms with Gasteiger partial charge in [0.1, 0.15) is 11.2 Å². The molecule has 0 fully saturated rings. The summed E-state index contributed by atoms with van der Waals surface area (Å²) in [7, 11) is 0. The van der Waals surface area contributed by atoms with Crippen molar-refractivity contribution in [3.05, 3.63) is 35.7 Å². The van der Waals surface area contributed by atoms with Gasteiger partial charge in [0.15, 0.2) is 0 Å². The number of carbonyl (C=O) groups is 2. The van der Waals surface area contributed by atoms with E-state index in [1.807, 2.05) is 30.3 Å². The average molecular weight is 391 g/mol. The zero-order chi connectivity index (χ0) is 20.2. The minimum Gasteiger partial charge on any atom is -0.444 e. The molecule has 0 aliphatic heterocycles. The number of thiophene rings is 1. The van der Waals surface area contributed by atoms with Crippen molar-refractivity contribution >= 4 is 34.9 Å². The maximum absolute atomic E-state index is 12.3. The molecule has 1 aromatic heterocycles. The number of anilines is 2. The lowest BCUT2D eigenvalue weighted by atomic mass is 10.1. The number of carbonyl (C=O) groups excluding carboxylic acids is 2. The van der Waals surface area contributed by atoms with E-state index in [-0.39, 0.29) is 0 Å². The lowest BCUT2D eigenvalue weighted by molar-refractivity contribution is 0.0621. The Morgan fingerprint density at radius 1 is 0.852 bits per heavy atom. The van der Waals surface area contributed by atoms with Crippen molar-refractivity contribution < 1.29 is 19.1 Å². The van der Waals surface area contributed by atoms with Gasteiger partial charge in [-0.25, -0.2) is 9.59 Å². The van der Waals surface area contributed by atoms with Gasteiger partial charge in [-0.2, -0.15) is 0 Å². The Kier molecular flexibility index (Phi) is 6.15. The zero-order valence-corrected chi connectivity index (χ0v) is 17.3. The van der Waals surface area contributed by atoms with E-state index in [9.17, 15) is 9.59 Å². The van der Waals surface area contributed by atoms with Gasteiger partial charge in [-0.05, 0) is 47.1 Å². The molecule has 2 amide bonds. The van der Waals surface area contributed by atoms with Crippen LogP contribution in [0.5, 0.6) is 0 Å². The van der Waals surface area contributed by atoms with Crippen molar-refractivity contribution in [1.82, 2.24) is 0 Å². The molecule has 0 bridgehead atoms. The van der Waals surface area contributed by atoms with Crippen LogP contribution in [-0.4, -0.2) is 23.4 Å². The summed E-state index contributed by atoms with van der Waals surface area (Å²) in [6.07, 6.45) is -1.18. The van der Waals surface area contributed by atoms with Crippen molar-refractivity contribution in [3.63, 3.8) is 0 Å². The van der Waals surface area contributed by atoms with Gasteiger partial charge in [0.2, 0.25) is 0 Å². The Morgan fingerprint density at radius 2 is 1.37 bits per heavy atom. The van der Waals surface area contributed by atoms with E-state index in [1.165, 1.54) is 11.3 Å². The first-order valence-electron chi connectivity index (χ1n) is 8.61. The molecule has 0 unspecified atom stereocenters. The van der Waals surface area contributed by atoms with Crippen LogP contribution in [0.3, 0.4) is 0 Å². The molecule has 0 aliphatic rings. The first kappa shape index (κ1) is 20.8. The van der Waals surface area contributed by atoms with E-state index < -0.39 is 23.4 Å². The number of ether oxygens (including phenoxy) is 2. The van der Waals surface area contributed by atoms with Crippen molar-refractivity contribution in [2.75, 3.05) is 10.6 Å². The summed E-state index contributed by atoms with van der Waals surface area (Å²) in [5.74, 6) is 0. The van der Waals surface area contributed by atoms with Crippen LogP contribution in [-0.2, 0) is 9.47 Å². The summed E-state index contributed by atoms with van der Waals surface area (Å²) < 4.78 is 10.7. The predicted octanol–water partition coefficient (Wildman–Crippen LogP) is 6.11. The quantitative estimate of drug-likeness (QED) is 0.663. The maximum Gasteiger partial charge on any atom is 0.412 e. The van der Waals surface area contributed by atoms with Gasteiger partial charge in [0.25, 0.3) is 0 Å². The molecule has 146 valence electrons. The molecule has 0 radical (unpaired) electrons. The molecule has 0 saturated carbocycles. The Balaban J connectivity index is 2.32. The number of amides is 2. The second-order valence-electron chi connectivity index (χ2n) is 7.97. The summed E-state index contributed by atoms with van der Waals surface area (Å²) in [4.78, 5) is 25.3. The average Bonchev–Trinajstić information content (AvgIpc) is 2.86. The fraction of sp³-hybridized carbons (Fsp3) is 0.400. The molecule has 27 heavy (non-hydrogen) atoms. The van der Waals surface area contributed by atoms with E-state index in [4.69, 9.17) is 9.47 Å². The van der Waals surface area contributed by atoms with Gasteiger partial charge in [-0.1, -0.05) is 30.3 Å². The Morgan fingerprint density at radius 3 is 1.89 bits per heavy atom. The maximum atomic E-state index is 12.3. The van der Waals surface area contributed by atoms with Crippen LogP contribution in [0.15, 0.2) is 35.7 Å². The molecular formula is C20H26N2O4S. The van der Waals surface area contributed by atoms with Crippen LogP contribution in [0.2, 0.25) is 0 Å². The summed E-state index contributed by atoms with van der Waals surface area (Å²) in [5.41, 5.74) is 0.600. The second-order valence-corrected chi connectivity index (χ2v) is 8.85. The summed E-state index contributed by atoms with van der Waals surface area (Å²) in [6, 6.07) is 9.60. The number of hydrogen-bond acceptors (Lipinski definition) is 5. The number of hydrogen-bond donors (Lipinski definition) is 2. The lowest BCUT2D eigenvalue weighted by Crippen LogP contribution is -2.29.